The van der Waals surface area contributed by atoms with Crippen LogP contribution in [0.3, 0.4) is 0 Å². The van der Waals surface area contributed by atoms with E-state index in [9.17, 15) is 4.79 Å². The number of nitrogens with one attached hydrogen (secondary N) is 2. The van der Waals surface area contributed by atoms with Gasteiger partial charge < -0.3 is 15.4 Å². The van der Waals surface area contributed by atoms with Crippen LogP contribution in [0.25, 0.3) is 11.0 Å². The van der Waals surface area contributed by atoms with Gasteiger partial charge in [-0.25, -0.2) is 9.67 Å². The SMILES string of the molecule is COCCNCCNC(=O)c1cnc2c(cnn2Cc2ccccc2)c1. The molecule has 0 saturated heterocycles. The van der Waals surface area contributed by atoms with Crippen molar-refractivity contribution in [2.24, 2.45) is 0 Å². The number of pyridine rings is 1. The van der Waals surface area contributed by atoms with Gasteiger partial charge in [-0.3, -0.25) is 4.79 Å². The first-order valence-corrected chi connectivity index (χ1v) is 8.61. The lowest BCUT2D eigenvalue weighted by Crippen LogP contribution is -2.33. The Hall–Kier alpha value is -2.77. The minimum Gasteiger partial charge on any atom is -0.383 e. The summed E-state index contributed by atoms with van der Waals surface area (Å²) in [6, 6.07) is 11.9. The van der Waals surface area contributed by atoms with E-state index in [1.165, 1.54) is 0 Å². The van der Waals surface area contributed by atoms with Crippen LogP contribution >= 0.6 is 0 Å². The van der Waals surface area contributed by atoms with E-state index < -0.39 is 0 Å². The molecule has 0 spiro atoms. The zero-order valence-electron chi connectivity index (χ0n) is 14.8. The van der Waals surface area contributed by atoms with E-state index in [0.29, 0.717) is 31.8 Å². The van der Waals surface area contributed by atoms with Crippen LogP contribution in [-0.2, 0) is 11.3 Å². The van der Waals surface area contributed by atoms with Gasteiger partial charge >= 0.3 is 0 Å². The summed E-state index contributed by atoms with van der Waals surface area (Å²) in [5.74, 6) is -0.135. The number of amides is 1. The Morgan fingerprint density at radius 2 is 2.00 bits per heavy atom. The van der Waals surface area contributed by atoms with Gasteiger partial charge in [0.25, 0.3) is 5.91 Å². The lowest BCUT2D eigenvalue weighted by molar-refractivity contribution is 0.0953. The Labute approximate surface area is 152 Å². The Kier molecular flexibility index (Phi) is 6.29. The first-order valence-electron chi connectivity index (χ1n) is 8.61. The average molecular weight is 353 g/mol. The van der Waals surface area contributed by atoms with Crippen LogP contribution in [0, 0.1) is 0 Å². The van der Waals surface area contributed by atoms with Crippen LogP contribution in [0.15, 0.2) is 48.8 Å². The fourth-order valence-electron chi connectivity index (χ4n) is 2.63. The molecule has 2 heterocycles. The van der Waals surface area contributed by atoms with Crippen molar-refractivity contribution in [3.63, 3.8) is 0 Å². The molecule has 0 atom stereocenters. The second-order valence-electron chi connectivity index (χ2n) is 5.92. The molecular weight excluding hydrogens is 330 g/mol. The predicted octanol–water partition coefficient (Wildman–Crippen LogP) is 1.45. The van der Waals surface area contributed by atoms with Crippen LogP contribution in [0.2, 0.25) is 0 Å². The molecule has 2 aromatic heterocycles. The highest BCUT2D eigenvalue weighted by Crippen LogP contribution is 2.14. The highest BCUT2D eigenvalue weighted by Gasteiger charge is 2.10. The summed E-state index contributed by atoms with van der Waals surface area (Å²) in [5.41, 5.74) is 2.46. The molecule has 3 aromatic rings. The second kappa shape index (κ2) is 9.07. The standard InChI is InChI=1S/C19H23N5O2/c1-26-10-9-20-7-8-21-19(25)17-11-16-13-23-24(18(16)22-12-17)14-15-5-3-2-4-6-15/h2-6,11-13,20H,7-10,14H2,1H3,(H,21,25). The number of aromatic nitrogens is 3. The first kappa shape index (κ1) is 18.0. The quantitative estimate of drug-likeness (QED) is 0.569. The highest BCUT2D eigenvalue weighted by molar-refractivity contribution is 5.96. The summed E-state index contributed by atoms with van der Waals surface area (Å²) in [6.45, 7) is 3.31. The van der Waals surface area contributed by atoms with Gasteiger partial charge in [0, 0.05) is 38.3 Å². The van der Waals surface area contributed by atoms with Crippen molar-refractivity contribution in [3.8, 4) is 0 Å². The number of fused-ring (bicyclic) bond motifs is 1. The van der Waals surface area contributed by atoms with Gasteiger partial charge in [0.15, 0.2) is 5.65 Å². The van der Waals surface area contributed by atoms with E-state index in [1.807, 2.05) is 28.9 Å². The maximum absolute atomic E-state index is 12.2. The van der Waals surface area contributed by atoms with Crippen molar-refractivity contribution in [1.29, 1.82) is 0 Å². The number of methoxy groups -OCH3 is 1. The third-order valence-electron chi connectivity index (χ3n) is 3.98. The molecule has 0 radical (unpaired) electrons. The molecule has 0 aliphatic heterocycles. The molecular formula is C19H23N5O2. The number of hydrogen-bond donors (Lipinski definition) is 2. The summed E-state index contributed by atoms with van der Waals surface area (Å²) in [4.78, 5) is 16.7. The zero-order chi connectivity index (χ0) is 18.2. The molecule has 0 bridgehead atoms. The fraction of sp³-hybridized carbons (Fsp3) is 0.316. The highest BCUT2D eigenvalue weighted by atomic mass is 16.5. The molecule has 0 saturated carbocycles. The minimum absolute atomic E-state index is 0.135. The predicted molar refractivity (Wildman–Crippen MR) is 100 cm³/mol. The van der Waals surface area contributed by atoms with Gasteiger partial charge in [-0.2, -0.15) is 5.10 Å². The second-order valence-corrected chi connectivity index (χ2v) is 5.92. The van der Waals surface area contributed by atoms with Crippen molar-refractivity contribution in [2.45, 2.75) is 6.54 Å². The van der Waals surface area contributed by atoms with E-state index in [1.54, 1.807) is 19.5 Å². The molecule has 1 aromatic carbocycles. The van der Waals surface area contributed by atoms with Crippen LogP contribution in [-0.4, -0.2) is 54.0 Å². The Morgan fingerprint density at radius 1 is 1.15 bits per heavy atom. The summed E-state index contributed by atoms with van der Waals surface area (Å²) >= 11 is 0. The number of benzene rings is 1. The maximum Gasteiger partial charge on any atom is 0.252 e. The molecule has 0 aliphatic carbocycles. The lowest BCUT2D eigenvalue weighted by Gasteiger charge is -2.07. The first-order chi connectivity index (χ1) is 12.8. The van der Waals surface area contributed by atoms with Crippen LogP contribution in [0.4, 0.5) is 0 Å². The van der Waals surface area contributed by atoms with Crippen LogP contribution in [0.5, 0.6) is 0 Å². The molecule has 0 fully saturated rings. The average Bonchev–Trinajstić information content (AvgIpc) is 3.07. The number of rotatable bonds is 9. The van der Waals surface area contributed by atoms with Gasteiger partial charge in [0.2, 0.25) is 0 Å². The van der Waals surface area contributed by atoms with Crippen molar-refractivity contribution in [3.05, 3.63) is 59.9 Å². The summed E-state index contributed by atoms with van der Waals surface area (Å²) in [6.07, 6.45) is 3.34. The van der Waals surface area contributed by atoms with Gasteiger partial charge in [-0.05, 0) is 11.6 Å². The normalized spacial score (nSPS) is 11.0. The number of ether oxygens (including phenoxy) is 1. The van der Waals surface area contributed by atoms with E-state index in [4.69, 9.17) is 4.74 Å². The third kappa shape index (κ3) is 4.65. The van der Waals surface area contributed by atoms with Gasteiger partial charge in [-0.1, -0.05) is 30.3 Å². The fourth-order valence-corrected chi connectivity index (χ4v) is 2.63. The molecule has 0 unspecified atom stereocenters. The summed E-state index contributed by atoms with van der Waals surface area (Å²) in [7, 11) is 1.66. The van der Waals surface area contributed by atoms with Crippen LogP contribution < -0.4 is 10.6 Å². The molecule has 26 heavy (non-hydrogen) atoms. The third-order valence-corrected chi connectivity index (χ3v) is 3.98. The van der Waals surface area contributed by atoms with Crippen molar-refractivity contribution >= 4 is 16.9 Å². The van der Waals surface area contributed by atoms with E-state index in [2.05, 4.69) is 32.8 Å². The largest absolute Gasteiger partial charge is 0.383 e. The Bertz CT molecular complexity index is 848. The molecule has 3 rings (SSSR count). The summed E-state index contributed by atoms with van der Waals surface area (Å²) in [5, 5.41) is 11.3. The number of hydrogen-bond acceptors (Lipinski definition) is 5. The number of carbonyl (C=O) groups is 1. The zero-order valence-corrected chi connectivity index (χ0v) is 14.8. The van der Waals surface area contributed by atoms with Gasteiger partial charge in [-0.15, -0.1) is 0 Å². The van der Waals surface area contributed by atoms with Crippen molar-refractivity contribution in [1.82, 2.24) is 25.4 Å². The molecule has 136 valence electrons. The maximum atomic E-state index is 12.2. The Morgan fingerprint density at radius 3 is 2.81 bits per heavy atom. The van der Waals surface area contributed by atoms with Gasteiger partial charge in [0.05, 0.1) is 24.9 Å². The molecule has 2 N–H and O–H groups in total. The minimum atomic E-state index is -0.135. The monoisotopic (exact) mass is 353 g/mol. The van der Waals surface area contributed by atoms with E-state index >= 15 is 0 Å². The van der Waals surface area contributed by atoms with E-state index in [0.717, 1.165) is 23.1 Å². The smallest absolute Gasteiger partial charge is 0.252 e. The number of carbonyl (C=O) groups excluding carboxylic acids is 1. The van der Waals surface area contributed by atoms with Crippen molar-refractivity contribution in [2.75, 3.05) is 33.4 Å². The van der Waals surface area contributed by atoms with Crippen molar-refractivity contribution < 1.29 is 9.53 Å². The van der Waals surface area contributed by atoms with Crippen LogP contribution in [0.1, 0.15) is 15.9 Å². The Balaban J connectivity index is 1.60. The summed E-state index contributed by atoms with van der Waals surface area (Å²) < 4.78 is 6.79. The molecule has 0 aliphatic rings. The number of nitrogens with zero attached hydrogens (tertiary/aromatic N) is 3. The van der Waals surface area contributed by atoms with Gasteiger partial charge in [0.1, 0.15) is 0 Å². The molecule has 1 amide bonds. The molecule has 7 heteroatoms. The molecule has 7 nitrogen and oxygen atoms in total. The van der Waals surface area contributed by atoms with E-state index in [-0.39, 0.29) is 5.91 Å². The topological polar surface area (TPSA) is 81.1 Å². The lowest BCUT2D eigenvalue weighted by atomic mass is 10.2.